The maximum atomic E-state index is 13.1. The second-order valence-corrected chi connectivity index (χ2v) is 2.73. The molecule has 1 amide bonds. The molecule has 0 aliphatic carbocycles. The number of nitrogens with one attached hydrogen (secondary N) is 1. The molecular formula is C9H9ClFNO3. The van der Waals surface area contributed by atoms with E-state index in [1.807, 2.05) is 0 Å². The number of hydrogen-bond acceptors (Lipinski definition) is 3. The van der Waals surface area contributed by atoms with E-state index in [2.05, 4.69) is 10.1 Å². The predicted octanol–water partition coefficient (Wildman–Crippen LogP) is 2.58. The minimum atomic E-state index is -0.822. The molecule has 1 aromatic carbocycles. The minimum absolute atomic E-state index is 0.0236. The number of alkyl halides is 1. The van der Waals surface area contributed by atoms with Gasteiger partial charge in [-0.1, -0.05) is 11.6 Å². The molecule has 0 atom stereocenters. The Morgan fingerprint density at radius 1 is 1.60 bits per heavy atom. The molecule has 0 saturated carbocycles. The van der Waals surface area contributed by atoms with E-state index in [4.69, 9.17) is 16.3 Å². The first-order valence-corrected chi connectivity index (χ1v) is 4.54. The summed E-state index contributed by atoms with van der Waals surface area (Å²) >= 11 is 5.16. The Labute approximate surface area is 90.9 Å². The molecule has 0 aliphatic rings. The van der Waals surface area contributed by atoms with Crippen LogP contribution < -0.4 is 10.1 Å². The Morgan fingerprint density at radius 2 is 2.33 bits per heavy atom. The molecule has 0 aromatic heterocycles. The van der Waals surface area contributed by atoms with Gasteiger partial charge in [-0.05, 0) is 12.1 Å². The second-order valence-electron chi connectivity index (χ2n) is 2.51. The van der Waals surface area contributed by atoms with E-state index >= 15 is 0 Å². The molecular weight excluding hydrogens is 225 g/mol. The largest absolute Gasteiger partial charge is 0.497 e. The number of ether oxygens (including phenoxy) is 2. The molecule has 0 unspecified atom stereocenters. The molecule has 82 valence electrons. The zero-order valence-corrected chi connectivity index (χ0v) is 8.68. The fraction of sp³-hybridized carbons (Fsp3) is 0.222. The van der Waals surface area contributed by atoms with Crippen molar-refractivity contribution in [2.75, 3.05) is 18.5 Å². The van der Waals surface area contributed by atoms with Crippen LogP contribution in [0, 0.1) is 5.82 Å². The van der Waals surface area contributed by atoms with Gasteiger partial charge in [0, 0.05) is 6.07 Å². The van der Waals surface area contributed by atoms with Gasteiger partial charge in [-0.15, -0.1) is 0 Å². The first-order chi connectivity index (χ1) is 7.17. The van der Waals surface area contributed by atoms with Crippen LogP contribution in [0.25, 0.3) is 0 Å². The van der Waals surface area contributed by atoms with E-state index in [1.165, 1.54) is 25.3 Å². The normalized spacial score (nSPS) is 9.53. The zero-order chi connectivity index (χ0) is 11.3. The maximum Gasteiger partial charge on any atom is 0.412 e. The SMILES string of the molecule is COc1ccc(F)c(NC(=O)OCCl)c1. The van der Waals surface area contributed by atoms with Gasteiger partial charge in [-0.2, -0.15) is 0 Å². The number of amides is 1. The van der Waals surface area contributed by atoms with Gasteiger partial charge < -0.3 is 9.47 Å². The highest BCUT2D eigenvalue weighted by molar-refractivity contribution is 6.17. The highest BCUT2D eigenvalue weighted by Crippen LogP contribution is 2.21. The van der Waals surface area contributed by atoms with E-state index in [9.17, 15) is 9.18 Å². The van der Waals surface area contributed by atoms with Crippen LogP contribution in [0.15, 0.2) is 18.2 Å². The van der Waals surface area contributed by atoms with Crippen LogP contribution in [0.5, 0.6) is 5.75 Å². The molecule has 0 heterocycles. The summed E-state index contributed by atoms with van der Waals surface area (Å²) in [6.07, 6.45) is -0.822. The quantitative estimate of drug-likeness (QED) is 0.817. The Hall–Kier alpha value is -1.49. The molecule has 1 rings (SSSR count). The van der Waals surface area contributed by atoms with Crippen LogP contribution in [0.3, 0.4) is 0 Å². The van der Waals surface area contributed by atoms with Crippen molar-refractivity contribution in [3.8, 4) is 5.75 Å². The fourth-order valence-electron chi connectivity index (χ4n) is 0.923. The van der Waals surface area contributed by atoms with Gasteiger partial charge in [0.05, 0.1) is 12.8 Å². The van der Waals surface area contributed by atoms with Crippen LogP contribution in [0.1, 0.15) is 0 Å². The van der Waals surface area contributed by atoms with Crippen LogP contribution in [-0.2, 0) is 4.74 Å². The summed E-state index contributed by atoms with van der Waals surface area (Å²) in [4.78, 5) is 10.9. The number of anilines is 1. The Bertz CT molecular complexity index is 359. The van der Waals surface area contributed by atoms with Crippen molar-refractivity contribution in [2.45, 2.75) is 0 Å². The van der Waals surface area contributed by atoms with Crippen molar-refractivity contribution < 1.29 is 18.7 Å². The lowest BCUT2D eigenvalue weighted by Gasteiger charge is -2.07. The number of hydrogen-bond donors (Lipinski definition) is 1. The standard InChI is InChI=1S/C9H9ClFNO3/c1-14-6-2-3-7(11)8(4-6)12-9(13)15-5-10/h2-4H,5H2,1H3,(H,12,13). The number of carbonyl (C=O) groups excluding carboxylic acids is 1. The summed E-state index contributed by atoms with van der Waals surface area (Å²) in [7, 11) is 1.44. The molecule has 1 aromatic rings. The molecule has 1 N–H and O–H groups in total. The Balaban J connectivity index is 2.79. The van der Waals surface area contributed by atoms with E-state index in [1.54, 1.807) is 0 Å². The third kappa shape index (κ3) is 3.28. The third-order valence-corrected chi connectivity index (χ3v) is 1.71. The smallest absolute Gasteiger partial charge is 0.412 e. The number of benzene rings is 1. The number of methoxy groups -OCH3 is 1. The average molecular weight is 234 g/mol. The van der Waals surface area contributed by atoms with Gasteiger partial charge >= 0.3 is 6.09 Å². The number of halogens is 2. The molecule has 0 bridgehead atoms. The predicted molar refractivity (Wildman–Crippen MR) is 53.8 cm³/mol. The van der Waals surface area contributed by atoms with Gasteiger partial charge in [0.25, 0.3) is 0 Å². The third-order valence-electron chi connectivity index (χ3n) is 1.60. The lowest BCUT2D eigenvalue weighted by Crippen LogP contribution is -2.13. The zero-order valence-electron chi connectivity index (χ0n) is 7.92. The first-order valence-electron chi connectivity index (χ1n) is 4.00. The van der Waals surface area contributed by atoms with Crippen molar-refractivity contribution in [3.05, 3.63) is 24.0 Å². The summed E-state index contributed by atoms with van der Waals surface area (Å²) in [6, 6.07) is 3.66. The summed E-state index contributed by atoms with van der Waals surface area (Å²) in [5, 5.41) is 2.19. The lowest BCUT2D eigenvalue weighted by molar-refractivity contribution is 0.180. The van der Waals surface area contributed by atoms with Crippen LogP contribution in [0.4, 0.5) is 14.9 Å². The molecule has 0 spiro atoms. The van der Waals surface area contributed by atoms with E-state index < -0.39 is 11.9 Å². The van der Waals surface area contributed by atoms with Crippen molar-refractivity contribution in [1.29, 1.82) is 0 Å². The fourth-order valence-corrected chi connectivity index (χ4v) is 1.02. The van der Waals surface area contributed by atoms with E-state index in [-0.39, 0.29) is 11.8 Å². The molecule has 15 heavy (non-hydrogen) atoms. The Morgan fingerprint density at radius 3 is 2.93 bits per heavy atom. The van der Waals surface area contributed by atoms with Gasteiger partial charge in [0.1, 0.15) is 11.6 Å². The van der Waals surface area contributed by atoms with E-state index in [0.717, 1.165) is 0 Å². The monoisotopic (exact) mass is 233 g/mol. The summed E-state index contributed by atoms with van der Waals surface area (Å²) < 4.78 is 22.4. The summed E-state index contributed by atoms with van der Waals surface area (Å²) in [5.41, 5.74) is -0.0236. The van der Waals surface area contributed by atoms with Crippen molar-refractivity contribution >= 4 is 23.4 Å². The lowest BCUT2D eigenvalue weighted by atomic mass is 10.3. The maximum absolute atomic E-state index is 13.1. The molecule has 6 heteroatoms. The van der Waals surface area contributed by atoms with Crippen LogP contribution >= 0.6 is 11.6 Å². The topological polar surface area (TPSA) is 47.6 Å². The van der Waals surface area contributed by atoms with Crippen molar-refractivity contribution in [1.82, 2.24) is 0 Å². The molecule has 0 radical (unpaired) electrons. The van der Waals surface area contributed by atoms with Gasteiger partial charge in [-0.3, -0.25) is 5.32 Å². The molecule has 4 nitrogen and oxygen atoms in total. The molecule has 0 aliphatic heterocycles. The average Bonchev–Trinajstić information content (AvgIpc) is 2.21. The molecule has 0 fully saturated rings. The number of rotatable bonds is 3. The van der Waals surface area contributed by atoms with Gasteiger partial charge in [0.2, 0.25) is 0 Å². The van der Waals surface area contributed by atoms with Gasteiger partial charge in [0.15, 0.2) is 6.07 Å². The Kier molecular flexibility index (Phi) is 4.17. The first kappa shape index (κ1) is 11.6. The van der Waals surface area contributed by atoms with Crippen molar-refractivity contribution in [3.63, 3.8) is 0 Å². The number of carbonyl (C=O) groups is 1. The van der Waals surface area contributed by atoms with Crippen molar-refractivity contribution in [2.24, 2.45) is 0 Å². The van der Waals surface area contributed by atoms with Gasteiger partial charge in [-0.25, -0.2) is 9.18 Å². The highest BCUT2D eigenvalue weighted by atomic mass is 35.5. The second kappa shape index (κ2) is 5.41. The van der Waals surface area contributed by atoms with E-state index in [0.29, 0.717) is 5.75 Å². The van der Waals surface area contributed by atoms with Crippen LogP contribution in [0.2, 0.25) is 0 Å². The molecule has 0 saturated heterocycles. The minimum Gasteiger partial charge on any atom is -0.497 e. The summed E-state index contributed by atoms with van der Waals surface area (Å²) in [6.45, 7) is 0. The van der Waals surface area contributed by atoms with Crippen LogP contribution in [-0.4, -0.2) is 19.3 Å². The highest BCUT2D eigenvalue weighted by Gasteiger charge is 2.08. The summed E-state index contributed by atoms with van der Waals surface area (Å²) in [5.74, 6) is -0.153.